The van der Waals surface area contributed by atoms with Crippen LogP contribution in [0.2, 0.25) is 0 Å². The van der Waals surface area contributed by atoms with Crippen LogP contribution in [0, 0.1) is 0 Å². The Labute approximate surface area is 181 Å². The number of likely N-dealkylation sites (tertiary alicyclic amines) is 1. The van der Waals surface area contributed by atoms with Crippen molar-refractivity contribution in [2.75, 3.05) is 34.4 Å². The van der Waals surface area contributed by atoms with E-state index in [1.165, 1.54) is 6.08 Å². The van der Waals surface area contributed by atoms with Gasteiger partial charge in [-0.3, -0.25) is 9.59 Å². The molecule has 0 radical (unpaired) electrons. The number of hydrogen-bond donors (Lipinski definition) is 0. The van der Waals surface area contributed by atoms with Gasteiger partial charge in [-0.15, -0.1) is 0 Å². The first-order chi connectivity index (χ1) is 15.0. The summed E-state index contributed by atoms with van der Waals surface area (Å²) >= 11 is 0. The molecule has 0 N–H and O–H groups in total. The number of benzene rings is 2. The van der Waals surface area contributed by atoms with Crippen LogP contribution < -0.4 is 18.9 Å². The molecule has 2 aromatic rings. The molecule has 2 heterocycles. The zero-order valence-electron chi connectivity index (χ0n) is 17.8. The first-order valence-corrected chi connectivity index (χ1v) is 10.1. The molecule has 2 aliphatic rings. The number of carbonyl (C=O) groups excluding carboxylic acids is 2. The van der Waals surface area contributed by atoms with E-state index < -0.39 is 5.60 Å². The molecule has 7 heteroatoms. The van der Waals surface area contributed by atoms with E-state index >= 15 is 0 Å². The number of ketones is 1. The maximum Gasteiger partial charge on any atom is 0.246 e. The average molecular weight is 423 g/mol. The molecule has 1 fully saturated rings. The molecule has 0 saturated carbocycles. The summed E-state index contributed by atoms with van der Waals surface area (Å²) in [4.78, 5) is 27.3. The van der Waals surface area contributed by atoms with Gasteiger partial charge in [0, 0.05) is 30.7 Å². The third-order valence-corrected chi connectivity index (χ3v) is 5.77. The van der Waals surface area contributed by atoms with Crippen LogP contribution in [0.1, 0.15) is 28.8 Å². The quantitative estimate of drug-likeness (QED) is 0.687. The standard InChI is InChI=1S/C24H25NO6/c1-28-17-7-8-21-19(12-17)20(26)14-24(31-21)10-11-25(15-24)23(27)9-5-16-4-6-18(29-2)13-22(16)30-3/h4-9,12-13H,10-11,14-15H2,1-3H3/b9-5+. The highest BCUT2D eigenvalue weighted by Gasteiger charge is 2.46. The van der Waals surface area contributed by atoms with Crippen molar-refractivity contribution in [2.45, 2.75) is 18.4 Å². The number of carbonyl (C=O) groups is 2. The lowest BCUT2D eigenvalue weighted by Crippen LogP contribution is -2.45. The zero-order valence-corrected chi connectivity index (χ0v) is 17.8. The molecule has 0 aliphatic carbocycles. The molecule has 0 aromatic heterocycles. The van der Waals surface area contributed by atoms with Crippen molar-refractivity contribution in [1.29, 1.82) is 0 Å². The van der Waals surface area contributed by atoms with Crippen LogP contribution in [0.3, 0.4) is 0 Å². The van der Waals surface area contributed by atoms with Crippen molar-refractivity contribution in [3.63, 3.8) is 0 Å². The molecule has 1 amide bonds. The van der Waals surface area contributed by atoms with Crippen molar-refractivity contribution >= 4 is 17.8 Å². The minimum atomic E-state index is -0.681. The Morgan fingerprint density at radius 3 is 2.55 bits per heavy atom. The largest absolute Gasteiger partial charge is 0.497 e. The van der Waals surface area contributed by atoms with Crippen LogP contribution >= 0.6 is 0 Å². The zero-order chi connectivity index (χ0) is 22.0. The van der Waals surface area contributed by atoms with Crippen molar-refractivity contribution in [3.8, 4) is 23.0 Å². The Morgan fingerprint density at radius 1 is 1.06 bits per heavy atom. The molecule has 162 valence electrons. The van der Waals surface area contributed by atoms with Gasteiger partial charge in [0.25, 0.3) is 0 Å². The number of amides is 1. The first kappa shape index (κ1) is 20.8. The molecular formula is C24H25NO6. The molecule has 7 nitrogen and oxygen atoms in total. The van der Waals surface area contributed by atoms with Gasteiger partial charge in [0.2, 0.25) is 5.91 Å². The van der Waals surface area contributed by atoms with E-state index in [9.17, 15) is 9.59 Å². The van der Waals surface area contributed by atoms with Crippen molar-refractivity contribution in [3.05, 3.63) is 53.6 Å². The predicted octanol–water partition coefficient (Wildman–Crippen LogP) is 3.36. The van der Waals surface area contributed by atoms with E-state index in [4.69, 9.17) is 18.9 Å². The lowest BCUT2D eigenvalue weighted by molar-refractivity contribution is -0.125. The van der Waals surface area contributed by atoms with Gasteiger partial charge in [0.15, 0.2) is 5.78 Å². The fraction of sp³-hybridized carbons (Fsp3) is 0.333. The van der Waals surface area contributed by atoms with Gasteiger partial charge in [0.1, 0.15) is 28.6 Å². The highest BCUT2D eigenvalue weighted by molar-refractivity contribution is 6.01. The summed E-state index contributed by atoms with van der Waals surface area (Å²) in [5.41, 5.74) is 0.624. The lowest BCUT2D eigenvalue weighted by Gasteiger charge is -2.34. The molecule has 1 saturated heterocycles. The molecule has 1 spiro atoms. The molecule has 31 heavy (non-hydrogen) atoms. The summed E-state index contributed by atoms with van der Waals surface area (Å²) in [5, 5.41) is 0. The summed E-state index contributed by atoms with van der Waals surface area (Å²) < 4.78 is 22.0. The highest BCUT2D eigenvalue weighted by atomic mass is 16.5. The van der Waals surface area contributed by atoms with Gasteiger partial charge >= 0.3 is 0 Å². The minimum Gasteiger partial charge on any atom is -0.497 e. The topological polar surface area (TPSA) is 74.3 Å². The van der Waals surface area contributed by atoms with Gasteiger partial charge < -0.3 is 23.8 Å². The molecule has 4 rings (SSSR count). The van der Waals surface area contributed by atoms with E-state index in [0.29, 0.717) is 48.1 Å². The number of rotatable bonds is 5. The Hall–Kier alpha value is -3.48. The Morgan fingerprint density at radius 2 is 1.81 bits per heavy atom. The monoisotopic (exact) mass is 423 g/mol. The number of methoxy groups -OCH3 is 3. The summed E-state index contributed by atoms with van der Waals surface area (Å²) in [7, 11) is 4.72. The van der Waals surface area contributed by atoms with Crippen molar-refractivity contribution < 1.29 is 28.5 Å². The normalized spacial score (nSPS) is 20.0. The molecular weight excluding hydrogens is 398 g/mol. The molecule has 0 bridgehead atoms. The van der Waals surface area contributed by atoms with Crippen LogP contribution in [0.4, 0.5) is 0 Å². The SMILES string of the molecule is COc1ccc(/C=C/C(=O)N2CCC3(CC(=O)c4cc(OC)ccc4O3)C2)c(OC)c1. The average Bonchev–Trinajstić information content (AvgIpc) is 3.20. The van der Waals surface area contributed by atoms with Crippen LogP contribution in [0.15, 0.2) is 42.5 Å². The second-order valence-corrected chi connectivity index (χ2v) is 7.70. The maximum absolute atomic E-state index is 12.8. The number of ether oxygens (including phenoxy) is 4. The summed E-state index contributed by atoms with van der Waals surface area (Å²) in [6, 6.07) is 10.6. The van der Waals surface area contributed by atoms with Crippen molar-refractivity contribution in [1.82, 2.24) is 4.90 Å². The van der Waals surface area contributed by atoms with Gasteiger partial charge in [-0.25, -0.2) is 0 Å². The summed E-state index contributed by atoms with van der Waals surface area (Å²) in [6.07, 6.45) is 4.09. The highest BCUT2D eigenvalue weighted by Crippen LogP contribution is 2.40. The predicted molar refractivity (Wildman–Crippen MR) is 115 cm³/mol. The number of nitrogens with zero attached hydrogens (tertiary/aromatic N) is 1. The van der Waals surface area contributed by atoms with Gasteiger partial charge in [-0.1, -0.05) is 0 Å². The number of hydrogen-bond acceptors (Lipinski definition) is 6. The molecule has 2 aromatic carbocycles. The molecule has 1 atom stereocenters. The van der Waals surface area contributed by atoms with E-state index in [1.807, 2.05) is 12.1 Å². The number of fused-ring (bicyclic) bond motifs is 1. The van der Waals surface area contributed by atoms with Crippen LogP contribution in [-0.4, -0.2) is 56.6 Å². The second-order valence-electron chi connectivity index (χ2n) is 7.70. The van der Waals surface area contributed by atoms with Crippen LogP contribution in [0.25, 0.3) is 6.08 Å². The molecule has 1 unspecified atom stereocenters. The minimum absolute atomic E-state index is 0.00737. The maximum atomic E-state index is 12.8. The van der Waals surface area contributed by atoms with E-state index in [2.05, 4.69) is 0 Å². The van der Waals surface area contributed by atoms with Gasteiger partial charge in [0.05, 0.1) is 39.9 Å². The lowest BCUT2D eigenvalue weighted by atomic mass is 9.89. The van der Waals surface area contributed by atoms with E-state index in [-0.39, 0.29) is 18.1 Å². The molecule has 2 aliphatic heterocycles. The van der Waals surface area contributed by atoms with Gasteiger partial charge in [-0.2, -0.15) is 0 Å². The first-order valence-electron chi connectivity index (χ1n) is 10.1. The third kappa shape index (κ3) is 4.08. The third-order valence-electron chi connectivity index (χ3n) is 5.77. The number of Topliss-reactive ketones (excluding diaryl/α,β-unsaturated/α-hetero) is 1. The Balaban J connectivity index is 1.47. The second kappa shape index (κ2) is 8.34. The fourth-order valence-electron chi connectivity index (χ4n) is 4.08. The Bertz CT molecular complexity index is 1050. The Kier molecular flexibility index (Phi) is 5.59. The van der Waals surface area contributed by atoms with Gasteiger partial charge in [-0.05, 0) is 36.4 Å². The van der Waals surface area contributed by atoms with Crippen molar-refractivity contribution in [2.24, 2.45) is 0 Å². The van der Waals surface area contributed by atoms with Crippen LogP contribution in [0.5, 0.6) is 23.0 Å². The van der Waals surface area contributed by atoms with E-state index in [1.54, 1.807) is 56.6 Å². The van der Waals surface area contributed by atoms with E-state index in [0.717, 1.165) is 5.56 Å². The fourth-order valence-corrected chi connectivity index (χ4v) is 4.08. The summed E-state index contributed by atoms with van der Waals surface area (Å²) in [5.74, 6) is 2.34. The van der Waals surface area contributed by atoms with Crippen LogP contribution in [-0.2, 0) is 4.79 Å². The summed E-state index contributed by atoms with van der Waals surface area (Å²) in [6.45, 7) is 0.898. The smallest absolute Gasteiger partial charge is 0.246 e.